The number of carbonyl (C=O) groups is 2. The van der Waals surface area contributed by atoms with Gasteiger partial charge in [0, 0.05) is 22.6 Å². The van der Waals surface area contributed by atoms with E-state index < -0.39 is 17.7 Å². The Morgan fingerprint density at radius 1 is 1.22 bits per heavy atom. The molecule has 0 spiro atoms. The number of ketones is 1. The predicted octanol–water partition coefficient (Wildman–Crippen LogP) is 3.44. The third-order valence-electron chi connectivity index (χ3n) is 3.48. The number of thiophene rings is 1. The molecule has 2 rings (SSSR count). The molecule has 1 atom stereocenters. The Labute approximate surface area is 137 Å². The van der Waals surface area contributed by atoms with Gasteiger partial charge in [0.05, 0.1) is 32.1 Å². The summed E-state index contributed by atoms with van der Waals surface area (Å²) in [6, 6.07) is 3.10. The van der Waals surface area contributed by atoms with Gasteiger partial charge in [-0.15, -0.1) is 11.3 Å². The highest BCUT2D eigenvalue weighted by Crippen LogP contribution is 2.40. The largest absolute Gasteiger partial charge is 0.493 e. The van der Waals surface area contributed by atoms with Crippen LogP contribution in [0.5, 0.6) is 11.5 Å². The topological polar surface area (TPSA) is 61.8 Å². The van der Waals surface area contributed by atoms with Crippen LogP contribution in [0, 0.1) is 11.7 Å². The average molecular weight is 340 g/mol. The Kier molecular flexibility index (Phi) is 5.20. The fraction of sp³-hybridized carbons (Fsp3) is 0.375. The summed E-state index contributed by atoms with van der Waals surface area (Å²) in [5, 5.41) is 0.293. The number of ether oxygens (including phenoxy) is 3. The van der Waals surface area contributed by atoms with Crippen LogP contribution < -0.4 is 9.47 Å². The number of rotatable bonds is 6. The summed E-state index contributed by atoms with van der Waals surface area (Å²) in [4.78, 5) is 24.1. The first kappa shape index (κ1) is 17.2. The molecule has 0 N–H and O–H groups in total. The van der Waals surface area contributed by atoms with Crippen LogP contribution in [0.15, 0.2) is 12.1 Å². The van der Waals surface area contributed by atoms with Gasteiger partial charge in [-0.25, -0.2) is 4.39 Å². The van der Waals surface area contributed by atoms with Gasteiger partial charge in [0.25, 0.3) is 0 Å². The van der Waals surface area contributed by atoms with Crippen LogP contribution in [0.4, 0.5) is 4.39 Å². The monoisotopic (exact) mass is 340 g/mol. The minimum Gasteiger partial charge on any atom is -0.493 e. The van der Waals surface area contributed by atoms with E-state index in [0.29, 0.717) is 15.0 Å². The van der Waals surface area contributed by atoms with Crippen LogP contribution in [0.3, 0.4) is 0 Å². The zero-order valence-electron chi connectivity index (χ0n) is 13.3. The first-order chi connectivity index (χ1) is 10.9. The van der Waals surface area contributed by atoms with E-state index in [9.17, 15) is 14.0 Å². The molecule has 23 heavy (non-hydrogen) atoms. The molecule has 1 aromatic carbocycles. The standard InChI is InChI=1S/C16H17FO5S/c1-8(16(19)22-4)5-10(18)13-6-9-12(23-13)7-11(20-2)15(21-3)14(9)17/h6-8H,5H2,1-4H3/t8-/m1/s1. The normalized spacial score (nSPS) is 12.0. The lowest BCUT2D eigenvalue weighted by Gasteiger charge is -2.08. The summed E-state index contributed by atoms with van der Waals surface area (Å²) >= 11 is 1.15. The second-order valence-corrected chi connectivity index (χ2v) is 6.08. The molecule has 0 aliphatic heterocycles. The molecule has 0 fully saturated rings. The lowest BCUT2D eigenvalue weighted by Crippen LogP contribution is -2.16. The van der Waals surface area contributed by atoms with Gasteiger partial charge in [-0.05, 0) is 6.07 Å². The number of benzene rings is 1. The number of hydrogen-bond acceptors (Lipinski definition) is 6. The van der Waals surface area contributed by atoms with Crippen molar-refractivity contribution in [2.45, 2.75) is 13.3 Å². The molecular formula is C16H17FO5S. The van der Waals surface area contributed by atoms with Gasteiger partial charge < -0.3 is 14.2 Å². The molecular weight excluding hydrogens is 323 g/mol. The van der Waals surface area contributed by atoms with Crippen LogP contribution in [0.2, 0.25) is 0 Å². The molecule has 0 aliphatic rings. The van der Waals surface area contributed by atoms with Gasteiger partial charge in [-0.3, -0.25) is 9.59 Å². The SMILES string of the molecule is COC(=O)[C@H](C)CC(=O)c1cc2c(F)c(OC)c(OC)cc2s1. The third-order valence-corrected chi connectivity index (χ3v) is 4.60. The van der Waals surface area contributed by atoms with Crippen molar-refractivity contribution in [3.8, 4) is 11.5 Å². The van der Waals surface area contributed by atoms with Gasteiger partial charge in [-0.2, -0.15) is 0 Å². The second-order valence-electron chi connectivity index (χ2n) is 5.00. The molecule has 1 heterocycles. The molecule has 0 saturated carbocycles. The second kappa shape index (κ2) is 6.95. The summed E-state index contributed by atoms with van der Waals surface area (Å²) in [7, 11) is 4.04. The number of methoxy groups -OCH3 is 3. The maximum atomic E-state index is 14.5. The van der Waals surface area contributed by atoms with Crippen LogP contribution >= 0.6 is 11.3 Å². The van der Waals surface area contributed by atoms with E-state index in [2.05, 4.69) is 4.74 Å². The number of fused-ring (bicyclic) bond motifs is 1. The lowest BCUT2D eigenvalue weighted by molar-refractivity contribution is -0.144. The van der Waals surface area contributed by atoms with Gasteiger partial charge in [-0.1, -0.05) is 6.92 Å². The van der Waals surface area contributed by atoms with Gasteiger partial charge in [0.1, 0.15) is 0 Å². The Bertz CT molecular complexity index is 752. The number of carbonyl (C=O) groups excluding carboxylic acids is 2. The highest BCUT2D eigenvalue weighted by molar-refractivity contribution is 7.20. The Morgan fingerprint density at radius 3 is 2.48 bits per heavy atom. The predicted molar refractivity (Wildman–Crippen MR) is 85.0 cm³/mol. The smallest absolute Gasteiger partial charge is 0.308 e. The van der Waals surface area contributed by atoms with Crippen LogP contribution in [0.25, 0.3) is 10.1 Å². The molecule has 0 bridgehead atoms. The Balaban J connectivity index is 2.38. The van der Waals surface area contributed by atoms with Crippen molar-refractivity contribution >= 4 is 33.2 Å². The molecule has 0 radical (unpaired) electrons. The fourth-order valence-corrected chi connectivity index (χ4v) is 3.28. The van der Waals surface area contributed by atoms with Crippen molar-refractivity contribution in [2.24, 2.45) is 5.92 Å². The van der Waals surface area contributed by atoms with Gasteiger partial charge >= 0.3 is 5.97 Å². The highest BCUT2D eigenvalue weighted by atomic mass is 32.1. The van der Waals surface area contributed by atoms with Gasteiger partial charge in [0.15, 0.2) is 23.1 Å². The number of halogens is 1. The summed E-state index contributed by atoms with van der Waals surface area (Å²) < 4.78 is 29.8. The Morgan fingerprint density at radius 2 is 1.91 bits per heavy atom. The van der Waals surface area contributed by atoms with E-state index in [0.717, 1.165) is 11.3 Å². The summed E-state index contributed by atoms with van der Waals surface area (Å²) in [5.41, 5.74) is 0. The number of hydrogen-bond donors (Lipinski definition) is 0. The Hall–Kier alpha value is -2.15. The summed E-state index contributed by atoms with van der Waals surface area (Å²) in [6.07, 6.45) is 0.00931. The van der Waals surface area contributed by atoms with Crippen molar-refractivity contribution in [3.63, 3.8) is 0 Å². The number of esters is 1. The van der Waals surface area contributed by atoms with E-state index in [-0.39, 0.29) is 23.7 Å². The third kappa shape index (κ3) is 3.29. The molecule has 0 aliphatic carbocycles. The first-order valence-corrected chi connectivity index (χ1v) is 7.69. The molecule has 0 amide bonds. The first-order valence-electron chi connectivity index (χ1n) is 6.88. The summed E-state index contributed by atoms with van der Waals surface area (Å²) in [6.45, 7) is 1.61. The lowest BCUT2D eigenvalue weighted by atomic mass is 10.0. The van der Waals surface area contributed by atoms with E-state index in [4.69, 9.17) is 9.47 Å². The highest BCUT2D eigenvalue weighted by Gasteiger charge is 2.22. The van der Waals surface area contributed by atoms with Crippen LogP contribution in [-0.4, -0.2) is 33.1 Å². The maximum absolute atomic E-state index is 14.5. The minimum atomic E-state index is -0.571. The van der Waals surface area contributed by atoms with Gasteiger partial charge in [0.2, 0.25) is 0 Å². The molecule has 5 nitrogen and oxygen atoms in total. The zero-order chi connectivity index (χ0) is 17.1. The molecule has 124 valence electrons. The van der Waals surface area contributed by atoms with Crippen LogP contribution in [0.1, 0.15) is 23.0 Å². The van der Waals surface area contributed by atoms with E-state index in [1.807, 2.05) is 0 Å². The van der Waals surface area contributed by atoms with E-state index in [1.165, 1.54) is 27.4 Å². The van der Waals surface area contributed by atoms with E-state index >= 15 is 0 Å². The molecule has 7 heteroatoms. The quantitative estimate of drug-likeness (QED) is 0.595. The van der Waals surface area contributed by atoms with Crippen molar-refractivity contribution in [1.82, 2.24) is 0 Å². The molecule has 0 unspecified atom stereocenters. The molecule has 0 saturated heterocycles. The van der Waals surface area contributed by atoms with Crippen molar-refractivity contribution in [2.75, 3.05) is 21.3 Å². The van der Waals surface area contributed by atoms with Crippen molar-refractivity contribution < 1.29 is 28.2 Å². The summed E-state index contributed by atoms with van der Waals surface area (Å²) in [5.74, 6) is -1.54. The van der Waals surface area contributed by atoms with Crippen LogP contribution in [-0.2, 0) is 9.53 Å². The van der Waals surface area contributed by atoms with E-state index in [1.54, 1.807) is 13.0 Å². The number of Topliss-reactive ketones (excluding diaryl/α,β-unsaturated/α-hetero) is 1. The zero-order valence-corrected chi connectivity index (χ0v) is 14.1. The minimum absolute atomic E-state index is 0.000252. The maximum Gasteiger partial charge on any atom is 0.308 e. The van der Waals surface area contributed by atoms with Crippen molar-refractivity contribution in [3.05, 3.63) is 22.8 Å². The molecule has 1 aromatic heterocycles. The fourth-order valence-electron chi connectivity index (χ4n) is 2.24. The van der Waals surface area contributed by atoms with Crippen molar-refractivity contribution in [1.29, 1.82) is 0 Å². The molecule has 2 aromatic rings. The average Bonchev–Trinajstić information content (AvgIpc) is 2.98.